The summed E-state index contributed by atoms with van der Waals surface area (Å²) < 4.78 is 0. The van der Waals surface area contributed by atoms with Gasteiger partial charge >= 0.3 is 0 Å². The molecule has 0 saturated heterocycles. The lowest BCUT2D eigenvalue weighted by Crippen LogP contribution is -2.35. The predicted molar refractivity (Wildman–Crippen MR) is 81.2 cm³/mol. The molecule has 1 aromatic rings. The second-order valence-electron chi connectivity index (χ2n) is 6.26. The molecule has 21 heavy (non-hydrogen) atoms. The van der Waals surface area contributed by atoms with Crippen molar-refractivity contribution in [2.45, 2.75) is 44.1 Å². The first-order valence-electron chi connectivity index (χ1n) is 7.89. The van der Waals surface area contributed by atoms with Crippen LogP contribution in [0.1, 0.15) is 43.6 Å². The van der Waals surface area contributed by atoms with E-state index in [0.717, 1.165) is 36.9 Å². The first-order chi connectivity index (χ1) is 10.2. The molecule has 1 fully saturated rings. The van der Waals surface area contributed by atoms with Crippen LogP contribution in [0.5, 0.6) is 0 Å². The molecule has 1 saturated carbocycles. The summed E-state index contributed by atoms with van der Waals surface area (Å²) >= 11 is 0. The number of amides is 1. The van der Waals surface area contributed by atoms with E-state index in [-0.39, 0.29) is 30.5 Å². The van der Waals surface area contributed by atoms with E-state index in [1.165, 1.54) is 0 Å². The van der Waals surface area contributed by atoms with Crippen LogP contribution in [-0.4, -0.2) is 35.4 Å². The summed E-state index contributed by atoms with van der Waals surface area (Å²) in [6, 6.07) is 7.80. The van der Waals surface area contributed by atoms with E-state index in [2.05, 4.69) is 0 Å². The van der Waals surface area contributed by atoms with Gasteiger partial charge < -0.3 is 15.1 Å². The molecule has 2 aliphatic rings. The molecule has 1 unspecified atom stereocenters. The number of aliphatic hydroxyl groups is 2. The third kappa shape index (κ3) is 2.83. The molecule has 0 aromatic heterocycles. The quantitative estimate of drug-likeness (QED) is 0.895. The normalized spacial score (nSPS) is 28.5. The summed E-state index contributed by atoms with van der Waals surface area (Å²) in [5.74, 6) is 0.178. The number of nitrogens with zero attached hydrogens (tertiary/aromatic N) is 1. The van der Waals surface area contributed by atoms with Crippen LogP contribution >= 0.6 is 0 Å². The lowest BCUT2D eigenvalue weighted by Gasteiger charge is -2.29. The van der Waals surface area contributed by atoms with Crippen LogP contribution in [0, 0.1) is 5.92 Å². The molecular formula is C17H23NO3. The molecule has 4 nitrogen and oxygen atoms in total. The van der Waals surface area contributed by atoms with Gasteiger partial charge in [-0.2, -0.15) is 0 Å². The average Bonchev–Trinajstić information content (AvgIpc) is 2.88. The highest BCUT2D eigenvalue weighted by Gasteiger charge is 2.34. The number of carbonyl (C=O) groups is 1. The Morgan fingerprint density at radius 3 is 2.76 bits per heavy atom. The molecular weight excluding hydrogens is 266 g/mol. The standard InChI is InChI=1S/C17H23NO3/c19-11-13-10-18(15-7-3-2-6-14(13)15)17(21)9-12-5-1-4-8-16(12)20/h2-3,6-7,12-13,16,19-20H,1,4-5,8-11H2/t12-,13?,16+/m0/s1. The Bertz CT molecular complexity index is 517. The van der Waals surface area contributed by atoms with Crippen LogP contribution in [-0.2, 0) is 4.79 Å². The van der Waals surface area contributed by atoms with E-state index >= 15 is 0 Å². The first kappa shape index (κ1) is 14.5. The highest BCUT2D eigenvalue weighted by atomic mass is 16.3. The van der Waals surface area contributed by atoms with Crippen LogP contribution in [0.15, 0.2) is 24.3 Å². The summed E-state index contributed by atoms with van der Waals surface area (Å²) in [5.41, 5.74) is 1.98. The molecule has 4 heteroatoms. The Kier molecular flexibility index (Phi) is 4.27. The van der Waals surface area contributed by atoms with Gasteiger partial charge in [0.25, 0.3) is 0 Å². The molecule has 2 N–H and O–H groups in total. The van der Waals surface area contributed by atoms with E-state index in [1.807, 2.05) is 24.3 Å². The molecule has 1 aromatic carbocycles. The number of aliphatic hydroxyl groups excluding tert-OH is 2. The molecule has 3 rings (SSSR count). The smallest absolute Gasteiger partial charge is 0.227 e. The van der Waals surface area contributed by atoms with Crippen molar-refractivity contribution < 1.29 is 15.0 Å². The number of para-hydroxylation sites is 1. The van der Waals surface area contributed by atoms with E-state index < -0.39 is 0 Å². The lowest BCUT2D eigenvalue weighted by atomic mass is 9.84. The molecule has 0 bridgehead atoms. The van der Waals surface area contributed by atoms with Crippen molar-refractivity contribution in [3.05, 3.63) is 29.8 Å². The Morgan fingerprint density at radius 2 is 2.00 bits per heavy atom. The average molecular weight is 289 g/mol. The number of benzene rings is 1. The van der Waals surface area contributed by atoms with Crippen molar-refractivity contribution in [2.75, 3.05) is 18.1 Å². The van der Waals surface area contributed by atoms with Gasteiger partial charge in [-0.1, -0.05) is 31.0 Å². The minimum atomic E-state index is -0.339. The van der Waals surface area contributed by atoms with Gasteiger partial charge in [-0.05, 0) is 30.4 Å². The second kappa shape index (κ2) is 6.16. The molecule has 1 heterocycles. The van der Waals surface area contributed by atoms with E-state index in [9.17, 15) is 15.0 Å². The van der Waals surface area contributed by atoms with Crippen molar-refractivity contribution in [2.24, 2.45) is 5.92 Å². The highest BCUT2D eigenvalue weighted by molar-refractivity contribution is 5.96. The van der Waals surface area contributed by atoms with Crippen LogP contribution in [0.3, 0.4) is 0 Å². The number of fused-ring (bicyclic) bond motifs is 1. The van der Waals surface area contributed by atoms with Gasteiger partial charge in [0.2, 0.25) is 5.91 Å². The lowest BCUT2D eigenvalue weighted by molar-refractivity contribution is -0.120. The largest absolute Gasteiger partial charge is 0.396 e. The van der Waals surface area contributed by atoms with Gasteiger partial charge in [0.15, 0.2) is 0 Å². The van der Waals surface area contributed by atoms with Crippen molar-refractivity contribution in [1.29, 1.82) is 0 Å². The maximum atomic E-state index is 12.6. The van der Waals surface area contributed by atoms with Crippen LogP contribution in [0.25, 0.3) is 0 Å². The summed E-state index contributed by atoms with van der Waals surface area (Å²) in [6.45, 7) is 0.615. The van der Waals surface area contributed by atoms with Crippen molar-refractivity contribution >= 4 is 11.6 Å². The molecule has 0 spiro atoms. The van der Waals surface area contributed by atoms with Crippen LogP contribution in [0.2, 0.25) is 0 Å². The third-order valence-corrected chi connectivity index (χ3v) is 4.90. The number of carbonyl (C=O) groups excluding carboxylic acids is 1. The molecule has 3 atom stereocenters. The van der Waals surface area contributed by atoms with E-state index in [4.69, 9.17) is 0 Å². The Labute approximate surface area is 125 Å². The monoisotopic (exact) mass is 289 g/mol. The Morgan fingerprint density at radius 1 is 1.24 bits per heavy atom. The van der Waals surface area contributed by atoms with Gasteiger partial charge in [-0.3, -0.25) is 4.79 Å². The number of hydrogen-bond donors (Lipinski definition) is 2. The molecule has 0 radical (unpaired) electrons. The van der Waals surface area contributed by atoms with Crippen molar-refractivity contribution in [3.63, 3.8) is 0 Å². The fourth-order valence-electron chi connectivity index (χ4n) is 3.65. The summed E-state index contributed by atoms with van der Waals surface area (Å²) in [4.78, 5) is 14.4. The minimum Gasteiger partial charge on any atom is -0.396 e. The number of hydrogen-bond acceptors (Lipinski definition) is 3. The fourth-order valence-corrected chi connectivity index (χ4v) is 3.65. The van der Waals surface area contributed by atoms with Crippen molar-refractivity contribution in [3.8, 4) is 0 Å². The highest BCUT2D eigenvalue weighted by Crippen LogP contribution is 2.37. The number of rotatable bonds is 3. The van der Waals surface area contributed by atoms with Crippen LogP contribution < -0.4 is 4.90 Å². The van der Waals surface area contributed by atoms with Gasteiger partial charge in [0, 0.05) is 24.6 Å². The molecule has 114 valence electrons. The topological polar surface area (TPSA) is 60.8 Å². The van der Waals surface area contributed by atoms with Gasteiger partial charge in [0.1, 0.15) is 0 Å². The zero-order valence-corrected chi connectivity index (χ0v) is 12.2. The number of anilines is 1. The van der Waals surface area contributed by atoms with Crippen molar-refractivity contribution in [1.82, 2.24) is 0 Å². The Balaban J connectivity index is 1.73. The fraction of sp³-hybridized carbons (Fsp3) is 0.588. The Hall–Kier alpha value is -1.39. The molecule has 1 aliphatic heterocycles. The van der Waals surface area contributed by atoms with Gasteiger partial charge in [-0.15, -0.1) is 0 Å². The first-order valence-corrected chi connectivity index (χ1v) is 7.89. The third-order valence-electron chi connectivity index (χ3n) is 4.90. The van der Waals surface area contributed by atoms with Gasteiger partial charge in [0.05, 0.1) is 12.7 Å². The molecule has 1 aliphatic carbocycles. The second-order valence-corrected chi connectivity index (χ2v) is 6.26. The maximum Gasteiger partial charge on any atom is 0.227 e. The van der Waals surface area contributed by atoms with E-state index in [0.29, 0.717) is 13.0 Å². The zero-order chi connectivity index (χ0) is 14.8. The van der Waals surface area contributed by atoms with Crippen LogP contribution in [0.4, 0.5) is 5.69 Å². The predicted octanol–water partition coefficient (Wildman–Crippen LogP) is 2.05. The summed E-state index contributed by atoms with van der Waals surface area (Å²) in [5, 5.41) is 19.5. The van der Waals surface area contributed by atoms with Gasteiger partial charge in [-0.25, -0.2) is 0 Å². The zero-order valence-electron chi connectivity index (χ0n) is 12.2. The molecule has 1 amide bonds. The minimum absolute atomic E-state index is 0.0152. The van der Waals surface area contributed by atoms with E-state index in [1.54, 1.807) is 4.90 Å². The SMILES string of the molecule is O=C(C[C@@H]1CCCC[C@H]1O)N1CC(CO)c2ccccc21. The maximum absolute atomic E-state index is 12.6. The summed E-state index contributed by atoms with van der Waals surface area (Å²) in [6.07, 6.45) is 3.98. The summed E-state index contributed by atoms with van der Waals surface area (Å²) in [7, 11) is 0.